The number of benzene rings is 1. The quantitative estimate of drug-likeness (QED) is 0.819. The maximum absolute atomic E-state index is 6.08. The lowest BCUT2D eigenvalue weighted by Crippen LogP contribution is -2.22. The molecule has 2 N–H and O–H groups in total. The summed E-state index contributed by atoms with van der Waals surface area (Å²) in [5.41, 5.74) is 10.2. The summed E-state index contributed by atoms with van der Waals surface area (Å²) in [6.45, 7) is 6.50. The smallest absolute Gasteiger partial charge is 0.0369 e. The van der Waals surface area contributed by atoms with E-state index in [4.69, 9.17) is 5.73 Å². The average molecular weight is 204 g/mol. The van der Waals surface area contributed by atoms with Crippen LogP contribution in [-0.2, 0) is 6.42 Å². The number of anilines is 1. The molecule has 0 fully saturated rings. The molecule has 0 amide bonds. The lowest BCUT2D eigenvalue weighted by molar-refractivity contribution is 0.713. The first kappa shape index (κ1) is 10.5. The molecule has 2 rings (SSSR count). The molecule has 1 atom stereocenters. The Labute approximate surface area is 92.1 Å². The lowest BCUT2D eigenvalue weighted by atomic mass is 10.1. The molecule has 1 aromatic carbocycles. The van der Waals surface area contributed by atoms with Crippen molar-refractivity contribution < 1.29 is 0 Å². The van der Waals surface area contributed by atoms with E-state index in [1.165, 1.54) is 16.8 Å². The molecule has 0 saturated heterocycles. The summed E-state index contributed by atoms with van der Waals surface area (Å²) in [7, 11) is 0. The van der Waals surface area contributed by atoms with E-state index >= 15 is 0 Å². The Balaban J connectivity index is 2.32. The van der Waals surface area contributed by atoms with E-state index in [1.54, 1.807) is 0 Å². The van der Waals surface area contributed by atoms with Crippen LogP contribution in [0.1, 0.15) is 37.4 Å². The van der Waals surface area contributed by atoms with E-state index in [2.05, 4.69) is 36.9 Å². The van der Waals surface area contributed by atoms with E-state index in [-0.39, 0.29) is 6.04 Å². The highest BCUT2D eigenvalue weighted by Crippen LogP contribution is 2.32. The molecule has 0 bridgehead atoms. The average Bonchev–Trinajstić information content (AvgIpc) is 2.62. The van der Waals surface area contributed by atoms with E-state index < -0.39 is 0 Å². The van der Waals surface area contributed by atoms with Crippen molar-refractivity contribution in [3.63, 3.8) is 0 Å². The van der Waals surface area contributed by atoms with Crippen LogP contribution in [0.5, 0.6) is 0 Å². The normalized spacial score (nSPS) is 19.0. The fourth-order valence-electron chi connectivity index (χ4n) is 2.41. The van der Waals surface area contributed by atoms with Gasteiger partial charge in [0.2, 0.25) is 0 Å². The number of hydrogen-bond donors (Lipinski definition) is 1. The first-order valence-corrected chi connectivity index (χ1v) is 5.89. The second-order valence-corrected chi connectivity index (χ2v) is 4.20. The van der Waals surface area contributed by atoms with Gasteiger partial charge in [-0.05, 0) is 49.9 Å². The van der Waals surface area contributed by atoms with Crippen molar-refractivity contribution >= 4 is 5.69 Å². The second-order valence-electron chi connectivity index (χ2n) is 4.20. The van der Waals surface area contributed by atoms with E-state index in [0.29, 0.717) is 0 Å². The second kappa shape index (κ2) is 4.23. The van der Waals surface area contributed by atoms with Crippen molar-refractivity contribution in [1.82, 2.24) is 0 Å². The van der Waals surface area contributed by atoms with Crippen LogP contribution < -0.4 is 10.6 Å². The van der Waals surface area contributed by atoms with Gasteiger partial charge in [0.25, 0.3) is 0 Å². The van der Waals surface area contributed by atoms with Crippen LogP contribution in [0, 0.1) is 0 Å². The SMILES string of the molecule is CCN(CC)c1ccc2c(c1)C(N)CC2. The number of nitrogens with zero attached hydrogens (tertiary/aromatic N) is 1. The fourth-order valence-corrected chi connectivity index (χ4v) is 2.41. The van der Waals surface area contributed by atoms with Crippen molar-refractivity contribution in [2.24, 2.45) is 5.73 Å². The molecular weight excluding hydrogens is 184 g/mol. The number of nitrogens with two attached hydrogens (primary N) is 1. The molecule has 1 aliphatic rings. The van der Waals surface area contributed by atoms with Crippen molar-refractivity contribution in [2.75, 3.05) is 18.0 Å². The first-order valence-electron chi connectivity index (χ1n) is 5.89. The summed E-state index contributed by atoms with van der Waals surface area (Å²) >= 11 is 0. The highest BCUT2D eigenvalue weighted by molar-refractivity contribution is 5.53. The third-order valence-corrected chi connectivity index (χ3v) is 3.38. The maximum Gasteiger partial charge on any atom is 0.0369 e. The summed E-state index contributed by atoms with van der Waals surface area (Å²) in [4.78, 5) is 2.37. The Morgan fingerprint density at radius 2 is 2.07 bits per heavy atom. The molecule has 1 unspecified atom stereocenters. The summed E-state index contributed by atoms with van der Waals surface area (Å²) < 4.78 is 0. The number of rotatable bonds is 3. The zero-order valence-electron chi connectivity index (χ0n) is 9.66. The Morgan fingerprint density at radius 1 is 1.33 bits per heavy atom. The lowest BCUT2D eigenvalue weighted by Gasteiger charge is -2.22. The van der Waals surface area contributed by atoms with Crippen LogP contribution in [0.3, 0.4) is 0 Å². The van der Waals surface area contributed by atoms with Gasteiger partial charge in [-0.15, -0.1) is 0 Å². The highest BCUT2D eigenvalue weighted by Gasteiger charge is 2.19. The van der Waals surface area contributed by atoms with Gasteiger partial charge in [-0.25, -0.2) is 0 Å². The third-order valence-electron chi connectivity index (χ3n) is 3.38. The molecule has 1 aliphatic carbocycles. The molecule has 0 spiro atoms. The fraction of sp³-hybridized carbons (Fsp3) is 0.538. The van der Waals surface area contributed by atoms with Crippen LogP contribution in [0.15, 0.2) is 18.2 Å². The van der Waals surface area contributed by atoms with Gasteiger partial charge in [0.1, 0.15) is 0 Å². The summed E-state index contributed by atoms with van der Waals surface area (Å²) in [6.07, 6.45) is 2.26. The Kier molecular flexibility index (Phi) is 2.96. The van der Waals surface area contributed by atoms with Gasteiger partial charge < -0.3 is 10.6 Å². The van der Waals surface area contributed by atoms with Gasteiger partial charge in [-0.1, -0.05) is 6.07 Å². The van der Waals surface area contributed by atoms with Gasteiger partial charge >= 0.3 is 0 Å². The first-order chi connectivity index (χ1) is 7.26. The minimum absolute atomic E-state index is 0.260. The van der Waals surface area contributed by atoms with Gasteiger partial charge in [-0.2, -0.15) is 0 Å². The molecule has 0 aliphatic heterocycles. The summed E-state index contributed by atoms with van der Waals surface area (Å²) in [6, 6.07) is 7.01. The summed E-state index contributed by atoms with van der Waals surface area (Å²) in [5.74, 6) is 0. The highest BCUT2D eigenvalue weighted by atomic mass is 15.1. The molecule has 2 heteroatoms. The van der Waals surface area contributed by atoms with Crippen molar-refractivity contribution in [3.8, 4) is 0 Å². The number of hydrogen-bond acceptors (Lipinski definition) is 2. The molecule has 2 nitrogen and oxygen atoms in total. The Morgan fingerprint density at radius 3 is 2.73 bits per heavy atom. The molecule has 1 aromatic rings. The van der Waals surface area contributed by atoms with Crippen molar-refractivity contribution in [2.45, 2.75) is 32.7 Å². The largest absolute Gasteiger partial charge is 0.372 e. The maximum atomic E-state index is 6.08. The summed E-state index contributed by atoms with van der Waals surface area (Å²) in [5, 5.41) is 0. The van der Waals surface area contributed by atoms with Crippen LogP contribution in [-0.4, -0.2) is 13.1 Å². The van der Waals surface area contributed by atoms with Gasteiger partial charge in [0.05, 0.1) is 0 Å². The zero-order chi connectivity index (χ0) is 10.8. The molecule has 0 heterocycles. The monoisotopic (exact) mass is 204 g/mol. The molecule has 0 radical (unpaired) electrons. The van der Waals surface area contributed by atoms with Gasteiger partial charge in [-0.3, -0.25) is 0 Å². The topological polar surface area (TPSA) is 29.3 Å². The third kappa shape index (κ3) is 1.86. The van der Waals surface area contributed by atoms with E-state index in [0.717, 1.165) is 25.9 Å². The predicted octanol–water partition coefficient (Wildman–Crippen LogP) is 2.48. The number of aryl methyl sites for hydroxylation is 1. The molecule has 0 aromatic heterocycles. The standard InChI is InChI=1S/C13H20N2/c1-3-15(4-2)11-7-5-10-6-8-13(14)12(10)9-11/h5,7,9,13H,3-4,6,8,14H2,1-2H3. The van der Waals surface area contributed by atoms with Crippen molar-refractivity contribution in [1.29, 1.82) is 0 Å². The number of fused-ring (bicyclic) bond motifs is 1. The minimum Gasteiger partial charge on any atom is -0.372 e. The Bertz CT molecular complexity index is 342. The molecular formula is C13H20N2. The van der Waals surface area contributed by atoms with Gasteiger partial charge in [0, 0.05) is 24.8 Å². The molecule has 15 heavy (non-hydrogen) atoms. The Hall–Kier alpha value is -1.02. The zero-order valence-corrected chi connectivity index (χ0v) is 9.66. The predicted molar refractivity (Wildman–Crippen MR) is 65.3 cm³/mol. The minimum atomic E-state index is 0.260. The van der Waals surface area contributed by atoms with Crippen LogP contribution in [0.25, 0.3) is 0 Å². The van der Waals surface area contributed by atoms with Gasteiger partial charge in [0.15, 0.2) is 0 Å². The van der Waals surface area contributed by atoms with Crippen LogP contribution in [0.4, 0.5) is 5.69 Å². The van der Waals surface area contributed by atoms with Crippen LogP contribution >= 0.6 is 0 Å². The van der Waals surface area contributed by atoms with Crippen LogP contribution in [0.2, 0.25) is 0 Å². The van der Waals surface area contributed by atoms with Crippen molar-refractivity contribution in [3.05, 3.63) is 29.3 Å². The molecule has 82 valence electrons. The van der Waals surface area contributed by atoms with E-state index in [9.17, 15) is 0 Å². The molecule has 0 saturated carbocycles. The van der Waals surface area contributed by atoms with E-state index in [1.807, 2.05) is 0 Å².